The fourth-order valence-corrected chi connectivity index (χ4v) is 2.36. The molecule has 3 rings (SSSR count). The number of benzene rings is 2. The highest BCUT2D eigenvalue weighted by molar-refractivity contribution is 5.90. The molecule has 0 aliphatic heterocycles. The number of amides is 2. The van der Waals surface area contributed by atoms with Gasteiger partial charge in [-0.15, -0.1) is 0 Å². The molecule has 136 valence electrons. The zero-order valence-electron chi connectivity index (χ0n) is 14.4. The van der Waals surface area contributed by atoms with Crippen molar-refractivity contribution in [2.75, 3.05) is 5.32 Å². The number of hydrogen-bond donors (Lipinski definition) is 2. The Hall–Kier alpha value is -3.94. The molecule has 8 nitrogen and oxygen atoms in total. The predicted octanol–water partition coefficient (Wildman–Crippen LogP) is 4.32. The molecule has 0 atom stereocenters. The van der Waals surface area contributed by atoms with E-state index >= 15 is 0 Å². The minimum absolute atomic E-state index is 0.0101. The molecule has 0 unspecified atom stereocenters. The summed E-state index contributed by atoms with van der Waals surface area (Å²) in [5.41, 5.74) is 4.76. The molecule has 0 spiro atoms. The molecule has 0 aliphatic carbocycles. The van der Waals surface area contributed by atoms with E-state index in [1.807, 2.05) is 25.1 Å². The van der Waals surface area contributed by atoms with Gasteiger partial charge in [0.05, 0.1) is 11.1 Å². The van der Waals surface area contributed by atoms with Crippen molar-refractivity contribution in [3.05, 3.63) is 82.1 Å². The van der Waals surface area contributed by atoms with E-state index < -0.39 is 11.0 Å². The second-order valence-electron chi connectivity index (χ2n) is 5.70. The lowest BCUT2D eigenvalue weighted by Crippen LogP contribution is -2.24. The van der Waals surface area contributed by atoms with Gasteiger partial charge in [-0.2, -0.15) is 5.10 Å². The van der Waals surface area contributed by atoms with Crippen molar-refractivity contribution in [3.8, 4) is 11.3 Å². The zero-order chi connectivity index (χ0) is 19.2. The molecular formula is C19H16N4O4. The molecule has 2 N–H and O–H groups in total. The number of urea groups is 1. The van der Waals surface area contributed by atoms with Crippen LogP contribution in [0.25, 0.3) is 11.3 Å². The van der Waals surface area contributed by atoms with Crippen LogP contribution in [0.5, 0.6) is 0 Å². The molecule has 0 bridgehead atoms. The third-order valence-corrected chi connectivity index (χ3v) is 3.62. The lowest BCUT2D eigenvalue weighted by atomic mass is 10.1. The van der Waals surface area contributed by atoms with E-state index in [-0.39, 0.29) is 5.69 Å². The van der Waals surface area contributed by atoms with Gasteiger partial charge >= 0.3 is 6.03 Å². The van der Waals surface area contributed by atoms with Gasteiger partial charge in [0, 0.05) is 23.4 Å². The Morgan fingerprint density at radius 3 is 2.63 bits per heavy atom. The maximum atomic E-state index is 11.8. The van der Waals surface area contributed by atoms with Crippen LogP contribution in [0.2, 0.25) is 0 Å². The SMILES string of the molecule is Cc1cccc(NC(=O)N/N=C/c2ccc(-c3ccc([N+](=O)[O-])cc3)o2)c1. The van der Waals surface area contributed by atoms with E-state index in [1.54, 1.807) is 30.3 Å². The highest BCUT2D eigenvalue weighted by atomic mass is 16.6. The first kappa shape index (κ1) is 17.9. The van der Waals surface area contributed by atoms with Crippen molar-refractivity contribution in [2.24, 2.45) is 5.10 Å². The molecule has 0 saturated carbocycles. The van der Waals surface area contributed by atoms with Crippen molar-refractivity contribution in [1.29, 1.82) is 0 Å². The van der Waals surface area contributed by atoms with Crippen molar-refractivity contribution < 1.29 is 14.1 Å². The van der Waals surface area contributed by atoms with Gasteiger partial charge in [-0.05, 0) is 48.9 Å². The largest absolute Gasteiger partial charge is 0.455 e. The topological polar surface area (TPSA) is 110 Å². The van der Waals surface area contributed by atoms with Crippen molar-refractivity contribution in [2.45, 2.75) is 6.92 Å². The Balaban J connectivity index is 1.58. The second kappa shape index (κ2) is 7.96. The smallest absolute Gasteiger partial charge is 0.339 e. The van der Waals surface area contributed by atoms with Gasteiger partial charge in [0.1, 0.15) is 11.5 Å². The van der Waals surface area contributed by atoms with Gasteiger partial charge in [0.2, 0.25) is 0 Å². The van der Waals surface area contributed by atoms with Gasteiger partial charge in [0.25, 0.3) is 5.69 Å². The highest BCUT2D eigenvalue weighted by Gasteiger charge is 2.08. The first-order valence-corrected chi connectivity index (χ1v) is 8.03. The van der Waals surface area contributed by atoms with E-state index in [2.05, 4.69) is 15.8 Å². The van der Waals surface area contributed by atoms with E-state index in [0.717, 1.165) is 5.56 Å². The highest BCUT2D eigenvalue weighted by Crippen LogP contribution is 2.24. The van der Waals surface area contributed by atoms with Gasteiger partial charge in [-0.3, -0.25) is 10.1 Å². The minimum atomic E-state index is -0.473. The summed E-state index contributed by atoms with van der Waals surface area (Å²) in [5, 5.41) is 17.2. The lowest BCUT2D eigenvalue weighted by molar-refractivity contribution is -0.384. The van der Waals surface area contributed by atoms with Crippen LogP contribution in [0, 0.1) is 17.0 Å². The standard InChI is InChI=1S/C19H16N4O4/c1-13-3-2-4-15(11-13)21-19(24)22-20-12-17-9-10-18(27-17)14-5-7-16(8-6-14)23(25)26/h2-12H,1H3,(H2,21,22,24)/b20-12+. The van der Waals surface area contributed by atoms with Crippen molar-refractivity contribution >= 4 is 23.6 Å². The van der Waals surface area contributed by atoms with Gasteiger partial charge in [-0.25, -0.2) is 10.2 Å². The number of non-ortho nitro benzene ring substituents is 1. The summed E-state index contributed by atoms with van der Waals surface area (Å²) in [6.45, 7) is 1.93. The van der Waals surface area contributed by atoms with Crippen LogP contribution in [0.15, 0.2) is 70.2 Å². The fourth-order valence-electron chi connectivity index (χ4n) is 2.36. The third-order valence-electron chi connectivity index (χ3n) is 3.62. The molecule has 2 amide bonds. The first-order valence-electron chi connectivity index (χ1n) is 8.03. The number of anilines is 1. The molecule has 0 radical (unpaired) electrons. The van der Waals surface area contributed by atoms with E-state index in [9.17, 15) is 14.9 Å². The number of carbonyl (C=O) groups is 1. The summed E-state index contributed by atoms with van der Waals surface area (Å²) in [7, 11) is 0. The maximum absolute atomic E-state index is 11.8. The molecule has 27 heavy (non-hydrogen) atoms. The number of nitro benzene ring substituents is 1. The van der Waals surface area contributed by atoms with Crippen LogP contribution < -0.4 is 10.7 Å². The average molecular weight is 364 g/mol. The predicted molar refractivity (Wildman–Crippen MR) is 102 cm³/mol. The van der Waals surface area contributed by atoms with E-state index in [0.29, 0.717) is 22.8 Å². The second-order valence-corrected chi connectivity index (χ2v) is 5.70. The van der Waals surface area contributed by atoms with Crippen molar-refractivity contribution in [3.63, 3.8) is 0 Å². The molecule has 0 saturated heterocycles. The molecule has 0 fully saturated rings. The summed E-state index contributed by atoms with van der Waals surface area (Å²) in [6, 6.07) is 16.3. The third kappa shape index (κ3) is 4.79. The number of nitrogens with zero attached hydrogens (tertiary/aromatic N) is 2. The number of carbonyl (C=O) groups excluding carboxylic acids is 1. The van der Waals surface area contributed by atoms with Crippen LogP contribution in [0.4, 0.5) is 16.2 Å². The summed E-state index contributed by atoms with van der Waals surface area (Å²) >= 11 is 0. The minimum Gasteiger partial charge on any atom is -0.455 e. The van der Waals surface area contributed by atoms with Crippen LogP contribution in [0.3, 0.4) is 0 Å². The average Bonchev–Trinajstić information content (AvgIpc) is 3.10. The Labute approximate surface area is 154 Å². The van der Waals surface area contributed by atoms with Crippen LogP contribution in [-0.2, 0) is 0 Å². The zero-order valence-corrected chi connectivity index (χ0v) is 14.4. The van der Waals surface area contributed by atoms with E-state index in [4.69, 9.17) is 4.42 Å². The normalized spacial score (nSPS) is 10.7. The Morgan fingerprint density at radius 2 is 1.93 bits per heavy atom. The monoisotopic (exact) mass is 364 g/mol. The number of furan rings is 1. The number of hydrazone groups is 1. The Kier molecular flexibility index (Phi) is 5.27. The quantitative estimate of drug-likeness (QED) is 0.399. The number of nitro groups is 1. The summed E-state index contributed by atoms with van der Waals surface area (Å²) in [6.07, 6.45) is 1.37. The summed E-state index contributed by atoms with van der Waals surface area (Å²) in [5.74, 6) is 0.967. The molecule has 8 heteroatoms. The number of hydrogen-bond acceptors (Lipinski definition) is 5. The Bertz CT molecular complexity index is 993. The van der Waals surface area contributed by atoms with Crippen LogP contribution in [-0.4, -0.2) is 17.2 Å². The molecule has 2 aromatic carbocycles. The maximum Gasteiger partial charge on any atom is 0.339 e. The van der Waals surface area contributed by atoms with Crippen LogP contribution in [0.1, 0.15) is 11.3 Å². The first-order chi connectivity index (χ1) is 13.0. The van der Waals surface area contributed by atoms with Gasteiger partial charge in [0.15, 0.2) is 0 Å². The van der Waals surface area contributed by atoms with Gasteiger partial charge in [-0.1, -0.05) is 12.1 Å². The number of nitrogens with one attached hydrogen (secondary N) is 2. The molecule has 3 aromatic rings. The Morgan fingerprint density at radius 1 is 1.15 bits per heavy atom. The summed E-state index contributed by atoms with van der Waals surface area (Å²) in [4.78, 5) is 22.0. The molecule has 1 aromatic heterocycles. The number of aryl methyl sites for hydroxylation is 1. The van der Waals surface area contributed by atoms with Gasteiger partial charge < -0.3 is 9.73 Å². The summed E-state index contributed by atoms with van der Waals surface area (Å²) < 4.78 is 5.59. The molecule has 0 aliphatic rings. The number of rotatable bonds is 5. The van der Waals surface area contributed by atoms with Crippen molar-refractivity contribution in [1.82, 2.24) is 5.43 Å². The van der Waals surface area contributed by atoms with E-state index in [1.165, 1.54) is 18.3 Å². The molecular weight excluding hydrogens is 348 g/mol. The fraction of sp³-hybridized carbons (Fsp3) is 0.0526. The van der Waals surface area contributed by atoms with Crippen LogP contribution >= 0.6 is 0 Å². The molecule has 1 heterocycles. The lowest BCUT2D eigenvalue weighted by Gasteiger charge is -2.04.